The molecule has 2 rings (SSSR count). The van der Waals surface area contributed by atoms with Crippen LogP contribution in [0.4, 0.5) is 0 Å². The number of benzene rings is 1. The van der Waals surface area contributed by atoms with E-state index >= 15 is 0 Å². The predicted molar refractivity (Wildman–Crippen MR) is 71.4 cm³/mol. The average molecular weight is 295 g/mol. The van der Waals surface area contributed by atoms with E-state index < -0.39 is 5.97 Å². The highest BCUT2D eigenvalue weighted by Crippen LogP contribution is 2.31. The molecule has 0 N–H and O–H groups in total. The van der Waals surface area contributed by atoms with Gasteiger partial charge >= 0.3 is 5.97 Å². The number of carbonyl (C=O) groups is 1. The topological polar surface area (TPSA) is 70.5 Å². The summed E-state index contributed by atoms with van der Waals surface area (Å²) in [5.74, 6) is 0.272. The Morgan fingerprint density at radius 1 is 1.15 bits per heavy atom. The molecule has 0 saturated carbocycles. The van der Waals surface area contributed by atoms with Gasteiger partial charge < -0.3 is 14.2 Å². The molecule has 0 fully saturated rings. The maximum absolute atomic E-state index is 11.7. The summed E-state index contributed by atoms with van der Waals surface area (Å²) in [5.41, 5.74) is 0.0819. The Bertz CT molecular complexity index is 634. The van der Waals surface area contributed by atoms with Crippen molar-refractivity contribution in [1.29, 1.82) is 0 Å². The summed E-state index contributed by atoms with van der Waals surface area (Å²) in [6.07, 6.45) is 0. The third-order valence-corrected chi connectivity index (χ3v) is 2.60. The summed E-state index contributed by atoms with van der Waals surface area (Å²) >= 11 is 5.72. The number of hydrogen-bond donors (Lipinski definition) is 0. The van der Waals surface area contributed by atoms with Gasteiger partial charge in [-0.05, 0) is 18.2 Å². The molecule has 2 aromatic rings. The number of carbonyl (C=O) groups excluding carboxylic acids is 1. The van der Waals surface area contributed by atoms with Gasteiger partial charge in [-0.1, -0.05) is 23.7 Å². The Hall–Kier alpha value is -2.34. The molecule has 0 spiro atoms. The highest BCUT2D eigenvalue weighted by Gasteiger charge is 2.18. The first kappa shape index (κ1) is 14.1. The maximum Gasteiger partial charge on any atom is 0.343 e. The maximum atomic E-state index is 11.7. The van der Waals surface area contributed by atoms with Crippen LogP contribution in [-0.2, 0) is 4.74 Å². The molecular weight excluding hydrogens is 284 g/mol. The summed E-state index contributed by atoms with van der Waals surface area (Å²) in [4.78, 5) is 11.7. The van der Waals surface area contributed by atoms with Gasteiger partial charge in [0.25, 0.3) is 5.88 Å². The van der Waals surface area contributed by atoms with E-state index in [4.69, 9.17) is 21.1 Å². The van der Waals surface area contributed by atoms with E-state index in [9.17, 15) is 4.79 Å². The lowest BCUT2D eigenvalue weighted by Gasteiger charge is -2.11. The summed E-state index contributed by atoms with van der Waals surface area (Å²) < 4.78 is 15.4. The first-order valence-electron chi connectivity index (χ1n) is 5.58. The third kappa shape index (κ3) is 2.97. The molecular formula is C13H11ClN2O4. The lowest BCUT2D eigenvalue weighted by molar-refractivity contribution is 0.0596. The second kappa shape index (κ2) is 6.21. The molecule has 0 unspecified atom stereocenters. The number of para-hydroxylation sites is 2. The predicted octanol–water partition coefficient (Wildman–Crippen LogP) is 2.72. The van der Waals surface area contributed by atoms with Crippen molar-refractivity contribution in [2.24, 2.45) is 0 Å². The van der Waals surface area contributed by atoms with Gasteiger partial charge in [-0.25, -0.2) is 4.79 Å². The zero-order chi connectivity index (χ0) is 14.5. The van der Waals surface area contributed by atoms with Gasteiger partial charge in [0.15, 0.2) is 16.7 Å². The second-order valence-corrected chi connectivity index (χ2v) is 4.02. The largest absolute Gasteiger partial charge is 0.493 e. The van der Waals surface area contributed by atoms with E-state index in [0.717, 1.165) is 0 Å². The van der Waals surface area contributed by atoms with Crippen molar-refractivity contribution in [3.8, 4) is 17.4 Å². The molecule has 0 aliphatic heterocycles. The SMILES string of the molecule is COC(=O)c1cc(Cl)nnc1Oc1ccccc1OC. The normalized spacial score (nSPS) is 9.95. The smallest absolute Gasteiger partial charge is 0.343 e. The first-order chi connectivity index (χ1) is 9.65. The molecule has 6 nitrogen and oxygen atoms in total. The number of aromatic nitrogens is 2. The van der Waals surface area contributed by atoms with Crippen LogP contribution in [0.2, 0.25) is 5.15 Å². The van der Waals surface area contributed by atoms with E-state index in [1.54, 1.807) is 24.3 Å². The Morgan fingerprint density at radius 3 is 2.50 bits per heavy atom. The second-order valence-electron chi connectivity index (χ2n) is 3.63. The Balaban J connectivity index is 2.40. The molecule has 104 valence electrons. The fourth-order valence-corrected chi connectivity index (χ4v) is 1.64. The molecule has 0 radical (unpaired) electrons. The molecule has 1 heterocycles. The van der Waals surface area contributed by atoms with Crippen LogP contribution < -0.4 is 9.47 Å². The van der Waals surface area contributed by atoms with Crippen LogP contribution in [0.15, 0.2) is 30.3 Å². The summed E-state index contributed by atoms with van der Waals surface area (Å²) in [7, 11) is 2.76. The van der Waals surface area contributed by atoms with Crippen LogP contribution in [0.3, 0.4) is 0 Å². The molecule has 0 saturated heterocycles. The molecule has 7 heteroatoms. The standard InChI is InChI=1S/C13H11ClN2O4/c1-18-9-5-3-4-6-10(9)20-12-8(13(17)19-2)7-11(14)15-16-12/h3-7H,1-2H3. The summed E-state index contributed by atoms with van der Waals surface area (Å²) in [6.45, 7) is 0. The van der Waals surface area contributed by atoms with Crippen LogP contribution in [-0.4, -0.2) is 30.4 Å². The zero-order valence-electron chi connectivity index (χ0n) is 10.8. The van der Waals surface area contributed by atoms with Crippen LogP contribution in [0.25, 0.3) is 0 Å². The van der Waals surface area contributed by atoms with Crippen LogP contribution in [0, 0.1) is 0 Å². The van der Waals surface area contributed by atoms with Crippen molar-refractivity contribution >= 4 is 17.6 Å². The van der Waals surface area contributed by atoms with Crippen LogP contribution >= 0.6 is 11.6 Å². The number of halogens is 1. The lowest BCUT2D eigenvalue weighted by atomic mass is 10.3. The van der Waals surface area contributed by atoms with Crippen molar-refractivity contribution in [2.75, 3.05) is 14.2 Å². The molecule has 1 aromatic carbocycles. The molecule has 0 atom stereocenters. The van der Waals surface area contributed by atoms with Crippen molar-refractivity contribution < 1.29 is 19.0 Å². The summed E-state index contributed by atoms with van der Waals surface area (Å²) in [5, 5.41) is 7.47. The number of nitrogens with zero attached hydrogens (tertiary/aromatic N) is 2. The summed E-state index contributed by atoms with van der Waals surface area (Å²) in [6, 6.07) is 8.28. The van der Waals surface area contributed by atoms with E-state index in [-0.39, 0.29) is 16.6 Å². The lowest BCUT2D eigenvalue weighted by Crippen LogP contribution is -2.06. The van der Waals surface area contributed by atoms with Crippen molar-refractivity contribution in [1.82, 2.24) is 10.2 Å². The van der Waals surface area contributed by atoms with Crippen molar-refractivity contribution in [3.05, 3.63) is 41.0 Å². The Labute approximate surface area is 120 Å². The number of esters is 1. The minimum atomic E-state index is -0.619. The van der Waals surface area contributed by atoms with Gasteiger partial charge in [-0.15, -0.1) is 10.2 Å². The van der Waals surface area contributed by atoms with Crippen molar-refractivity contribution in [3.63, 3.8) is 0 Å². The van der Waals surface area contributed by atoms with E-state index in [2.05, 4.69) is 14.9 Å². The van der Waals surface area contributed by atoms with E-state index in [0.29, 0.717) is 11.5 Å². The van der Waals surface area contributed by atoms with Gasteiger partial charge in [0.1, 0.15) is 5.56 Å². The third-order valence-electron chi connectivity index (χ3n) is 2.41. The van der Waals surface area contributed by atoms with Gasteiger partial charge in [0.05, 0.1) is 14.2 Å². The van der Waals surface area contributed by atoms with Crippen molar-refractivity contribution in [2.45, 2.75) is 0 Å². The minimum absolute atomic E-state index is 0.00856. The first-order valence-corrected chi connectivity index (χ1v) is 5.96. The monoisotopic (exact) mass is 294 g/mol. The minimum Gasteiger partial charge on any atom is -0.493 e. The van der Waals surface area contributed by atoms with Gasteiger partial charge in [0, 0.05) is 0 Å². The Kier molecular flexibility index (Phi) is 4.37. The van der Waals surface area contributed by atoms with Crippen LogP contribution in [0.5, 0.6) is 17.4 Å². The number of methoxy groups -OCH3 is 2. The molecule has 1 aromatic heterocycles. The molecule has 0 aliphatic rings. The average Bonchev–Trinajstić information content (AvgIpc) is 2.48. The van der Waals surface area contributed by atoms with E-state index in [1.807, 2.05) is 0 Å². The Morgan fingerprint density at radius 2 is 1.85 bits per heavy atom. The number of ether oxygens (including phenoxy) is 3. The molecule has 0 amide bonds. The fourth-order valence-electron chi connectivity index (χ4n) is 1.50. The quantitative estimate of drug-likeness (QED) is 0.808. The number of hydrogen-bond acceptors (Lipinski definition) is 6. The zero-order valence-corrected chi connectivity index (χ0v) is 11.5. The fraction of sp³-hybridized carbons (Fsp3) is 0.154. The molecule has 20 heavy (non-hydrogen) atoms. The van der Waals surface area contributed by atoms with E-state index in [1.165, 1.54) is 20.3 Å². The van der Waals surface area contributed by atoms with Gasteiger partial charge in [0.2, 0.25) is 0 Å². The molecule has 0 bridgehead atoms. The highest BCUT2D eigenvalue weighted by molar-refractivity contribution is 6.29. The molecule has 0 aliphatic carbocycles. The van der Waals surface area contributed by atoms with Gasteiger partial charge in [-0.3, -0.25) is 0 Å². The van der Waals surface area contributed by atoms with Crippen LogP contribution in [0.1, 0.15) is 10.4 Å². The number of rotatable bonds is 4. The highest BCUT2D eigenvalue weighted by atomic mass is 35.5. The van der Waals surface area contributed by atoms with Gasteiger partial charge in [-0.2, -0.15) is 0 Å².